The Hall–Kier alpha value is -2.71. The van der Waals surface area contributed by atoms with Crippen molar-refractivity contribution in [1.82, 2.24) is 4.72 Å². The quantitative estimate of drug-likeness (QED) is 0.717. The molecule has 0 saturated heterocycles. The van der Waals surface area contributed by atoms with Crippen LogP contribution in [0.4, 0.5) is 5.69 Å². The summed E-state index contributed by atoms with van der Waals surface area (Å²) in [4.78, 5) is 23.0. The average molecular weight is 376 g/mol. The molecular weight excluding hydrogens is 356 g/mol. The summed E-state index contributed by atoms with van der Waals surface area (Å²) in [5, 5.41) is 2.56. The second kappa shape index (κ2) is 8.59. The molecular formula is C18H20N2O5S. The Labute approximate surface area is 152 Å². The molecule has 2 aromatic carbocycles. The fraction of sp³-hybridized carbons (Fsp3) is 0.222. The largest absolute Gasteiger partial charge is 0.468 e. The van der Waals surface area contributed by atoms with Crippen molar-refractivity contribution in [3.05, 3.63) is 60.2 Å². The van der Waals surface area contributed by atoms with E-state index in [-0.39, 0.29) is 17.2 Å². The van der Waals surface area contributed by atoms with Gasteiger partial charge in [-0.2, -0.15) is 4.72 Å². The molecule has 0 saturated carbocycles. The molecule has 2 aromatic rings. The summed E-state index contributed by atoms with van der Waals surface area (Å²) in [7, 11) is -2.74. The van der Waals surface area contributed by atoms with E-state index in [4.69, 9.17) is 4.74 Å². The molecule has 8 heteroatoms. The van der Waals surface area contributed by atoms with Gasteiger partial charge in [0.2, 0.25) is 15.9 Å². The molecule has 2 N–H and O–H groups in total. The summed E-state index contributed by atoms with van der Waals surface area (Å²) in [5.41, 5.74) is 1.27. The number of methoxy groups -OCH3 is 1. The first-order valence-electron chi connectivity index (χ1n) is 7.83. The molecule has 2 rings (SSSR count). The standard InChI is InChI=1S/C18H20N2O5S/c1-13(21)19-15-8-10-16(11-9-15)26(23,24)20-17(18(22)25-2)12-14-6-4-3-5-7-14/h3-11,17,20H,12H2,1-2H3,(H,19,21). The van der Waals surface area contributed by atoms with Gasteiger partial charge in [-0.3, -0.25) is 9.59 Å². The molecule has 26 heavy (non-hydrogen) atoms. The minimum atomic E-state index is -3.94. The predicted octanol–water partition coefficient (Wildman–Crippen LogP) is 1.71. The van der Waals surface area contributed by atoms with E-state index in [9.17, 15) is 18.0 Å². The van der Waals surface area contributed by atoms with Crippen molar-refractivity contribution < 1.29 is 22.7 Å². The minimum Gasteiger partial charge on any atom is -0.468 e. The van der Waals surface area contributed by atoms with E-state index < -0.39 is 22.0 Å². The summed E-state index contributed by atoms with van der Waals surface area (Å²) < 4.78 is 32.3. The third-order valence-corrected chi connectivity index (χ3v) is 5.04. The highest BCUT2D eigenvalue weighted by atomic mass is 32.2. The number of ether oxygens (including phenoxy) is 1. The maximum absolute atomic E-state index is 12.6. The second-order valence-electron chi connectivity index (χ2n) is 5.59. The molecule has 0 aliphatic rings. The van der Waals surface area contributed by atoms with Crippen LogP contribution in [0, 0.1) is 0 Å². The summed E-state index contributed by atoms with van der Waals surface area (Å²) in [6.45, 7) is 1.36. The molecule has 7 nitrogen and oxygen atoms in total. The monoisotopic (exact) mass is 376 g/mol. The molecule has 138 valence electrons. The molecule has 0 aromatic heterocycles. The van der Waals surface area contributed by atoms with Crippen LogP contribution in [0.25, 0.3) is 0 Å². The zero-order valence-corrected chi connectivity index (χ0v) is 15.2. The van der Waals surface area contributed by atoms with Gasteiger partial charge in [0.15, 0.2) is 0 Å². The van der Waals surface area contributed by atoms with Gasteiger partial charge in [0.1, 0.15) is 6.04 Å². The van der Waals surface area contributed by atoms with Crippen LogP contribution in [-0.4, -0.2) is 33.4 Å². The van der Waals surface area contributed by atoms with Crippen LogP contribution < -0.4 is 10.0 Å². The number of hydrogen-bond acceptors (Lipinski definition) is 5. The zero-order chi connectivity index (χ0) is 19.2. The number of anilines is 1. The number of hydrogen-bond donors (Lipinski definition) is 2. The van der Waals surface area contributed by atoms with E-state index >= 15 is 0 Å². The van der Waals surface area contributed by atoms with E-state index in [2.05, 4.69) is 10.0 Å². The first-order valence-corrected chi connectivity index (χ1v) is 9.32. The van der Waals surface area contributed by atoms with Crippen LogP contribution in [0.5, 0.6) is 0 Å². The summed E-state index contributed by atoms with van der Waals surface area (Å²) >= 11 is 0. The number of rotatable bonds is 7. The van der Waals surface area contributed by atoms with Crippen LogP contribution in [0.2, 0.25) is 0 Å². The van der Waals surface area contributed by atoms with Crippen molar-refractivity contribution in [2.75, 3.05) is 12.4 Å². The van der Waals surface area contributed by atoms with Crippen LogP contribution in [0.15, 0.2) is 59.5 Å². The SMILES string of the molecule is COC(=O)C(Cc1ccccc1)NS(=O)(=O)c1ccc(NC(C)=O)cc1. The lowest BCUT2D eigenvalue weighted by molar-refractivity contribution is -0.142. The van der Waals surface area contributed by atoms with Gasteiger partial charge in [-0.25, -0.2) is 8.42 Å². The number of amides is 1. The third-order valence-electron chi connectivity index (χ3n) is 3.55. The molecule has 1 amide bonds. The molecule has 0 spiro atoms. The Kier molecular flexibility index (Phi) is 6.48. The van der Waals surface area contributed by atoms with Crippen LogP contribution in [0.1, 0.15) is 12.5 Å². The summed E-state index contributed by atoms with van der Waals surface area (Å²) in [6.07, 6.45) is 0.163. The van der Waals surface area contributed by atoms with E-state index in [0.717, 1.165) is 5.56 Å². The van der Waals surface area contributed by atoms with Crippen molar-refractivity contribution in [2.24, 2.45) is 0 Å². The van der Waals surface area contributed by atoms with Gasteiger partial charge in [0, 0.05) is 12.6 Å². The average Bonchev–Trinajstić information content (AvgIpc) is 2.61. The van der Waals surface area contributed by atoms with Crippen LogP contribution in [0.3, 0.4) is 0 Å². The van der Waals surface area contributed by atoms with Crippen LogP contribution in [-0.2, 0) is 30.8 Å². The lowest BCUT2D eigenvalue weighted by Crippen LogP contribution is -2.42. The van der Waals surface area contributed by atoms with E-state index in [1.165, 1.54) is 38.3 Å². The van der Waals surface area contributed by atoms with Crippen molar-refractivity contribution in [1.29, 1.82) is 0 Å². The normalized spacial score (nSPS) is 12.2. The van der Waals surface area contributed by atoms with Crippen molar-refractivity contribution in [3.63, 3.8) is 0 Å². The number of benzene rings is 2. The highest BCUT2D eigenvalue weighted by Gasteiger charge is 2.26. The fourth-order valence-electron chi connectivity index (χ4n) is 2.34. The Bertz CT molecular complexity index is 864. The number of carbonyl (C=O) groups is 2. The molecule has 0 fully saturated rings. The van der Waals surface area contributed by atoms with Crippen molar-refractivity contribution in [2.45, 2.75) is 24.3 Å². The molecule has 0 bridgehead atoms. The number of carbonyl (C=O) groups excluding carboxylic acids is 2. The minimum absolute atomic E-state index is 0.0198. The summed E-state index contributed by atoms with van der Waals surface area (Å²) in [6, 6.07) is 13.6. The lowest BCUT2D eigenvalue weighted by Gasteiger charge is -2.17. The second-order valence-corrected chi connectivity index (χ2v) is 7.31. The molecule has 0 aliphatic heterocycles. The first-order chi connectivity index (χ1) is 12.3. The van der Waals surface area contributed by atoms with Gasteiger partial charge < -0.3 is 10.1 Å². The smallest absolute Gasteiger partial charge is 0.324 e. The summed E-state index contributed by atoms with van der Waals surface area (Å²) in [5.74, 6) is -0.931. The van der Waals surface area contributed by atoms with Crippen molar-refractivity contribution in [3.8, 4) is 0 Å². The number of sulfonamides is 1. The zero-order valence-electron chi connectivity index (χ0n) is 14.4. The number of nitrogens with one attached hydrogen (secondary N) is 2. The van der Waals surface area contributed by atoms with Crippen LogP contribution >= 0.6 is 0 Å². The first kappa shape index (κ1) is 19.6. The molecule has 0 heterocycles. The van der Waals surface area contributed by atoms with Gasteiger partial charge in [-0.1, -0.05) is 30.3 Å². The maximum atomic E-state index is 12.6. The highest BCUT2D eigenvalue weighted by Crippen LogP contribution is 2.15. The van der Waals surface area contributed by atoms with Gasteiger partial charge in [-0.05, 0) is 36.2 Å². The Morgan fingerprint density at radius 1 is 1.04 bits per heavy atom. The molecule has 1 atom stereocenters. The lowest BCUT2D eigenvalue weighted by atomic mass is 10.1. The number of esters is 1. The Balaban J connectivity index is 2.19. The molecule has 0 aliphatic carbocycles. The van der Waals surface area contributed by atoms with E-state index in [1.54, 1.807) is 24.3 Å². The van der Waals surface area contributed by atoms with E-state index in [0.29, 0.717) is 5.69 Å². The topological polar surface area (TPSA) is 102 Å². The van der Waals surface area contributed by atoms with Gasteiger partial charge >= 0.3 is 5.97 Å². The Morgan fingerprint density at radius 3 is 2.19 bits per heavy atom. The fourth-order valence-corrected chi connectivity index (χ4v) is 3.53. The Morgan fingerprint density at radius 2 is 1.65 bits per heavy atom. The van der Waals surface area contributed by atoms with Gasteiger partial charge in [0.05, 0.1) is 12.0 Å². The predicted molar refractivity (Wildman–Crippen MR) is 97.0 cm³/mol. The van der Waals surface area contributed by atoms with E-state index in [1.807, 2.05) is 6.07 Å². The highest BCUT2D eigenvalue weighted by molar-refractivity contribution is 7.89. The third kappa shape index (κ3) is 5.40. The molecule has 0 radical (unpaired) electrons. The maximum Gasteiger partial charge on any atom is 0.324 e. The molecule has 1 unspecified atom stereocenters. The van der Waals surface area contributed by atoms with Gasteiger partial charge in [-0.15, -0.1) is 0 Å². The van der Waals surface area contributed by atoms with Crippen molar-refractivity contribution >= 4 is 27.6 Å². The van der Waals surface area contributed by atoms with Gasteiger partial charge in [0.25, 0.3) is 0 Å².